The number of carbonyl (C=O) groups excluding carboxylic acids is 1. The molecule has 0 aliphatic carbocycles. The fraction of sp³-hybridized carbons (Fsp3) is 0.750. The number of aryl methyl sites for hydroxylation is 1. The van der Waals surface area contributed by atoms with Gasteiger partial charge in [-0.15, -0.1) is 36.2 Å². The van der Waals surface area contributed by atoms with Gasteiger partial charge >= 0.3 is 0 Å². The molecule has 23 heavy (non-hydrogen) atoms. The predicted octanol–water partition coefficient (Wildman–Crippen LogP) is 3.11. The molecule has 2 aliphatic rings. The number of piperidine rings is 1. The van der Waals surface area contributed by atoms with Gasteiger partial charge in [0.05, 0.1) is 10.7 Å². The topological polar surface area (TPSA) is 45.2 Å². The van der Waals surface area contributed by atoms with E-state index in [0.717, 1.165) is 39.0 Å². The van der Waals surface area contributed by atoms with Crippen LogP contribution in [0, 0.1) is 11.8 Å². The first-order valence-corrected chi connectivity index (χ1v) is 9.00. The Morgan fingerprint density at radius 2 is 2.22 bits per heavy atom. The van der Waals surface area contributed by atoms with Crippen molar-refractivity contribution < 1.29 is 4.79 Å². The molecule has 1 aromatic heterocycles. The Bertz CT molecular complexity index is 507. The normalized spacial score (nSPS) is 22.5. The second-order valence-corrected chi connectivity index (χ2v) is 7.25. The van der Waals surface area contributed by atoms with Crippen LogP contribution in [0.1, 0.15) is 43.3 Å². The van der Waals surface area contributed by atoms with Gasteiger partial charge in [-0.25, -0.2) is 4.98 Å². The number of hydrogen-bond acceptors (Lipinski definition) is 4. The van der Waals surface area contributed by atoms with Crippen LogP contribution < -0.4 is 5.32 Å². The summed E-state index contributed by atoms with van der Waals surface area (Å²) in [5, 5.41) is 6.65. The van der Waals surface area contributed by atoms with Crippen LogP contribution >= 0.6 is 36.2 Å². The number of rotatable bonds is 4. The number of halogens is 2. The quantitative estimate of drug-likeness (QED) is 0.873. The van der Waals surface area contributed by atoms with Gasteiger partial charge in [0, 0.05) is 30.3 Å². The van der Waals surface area contributed by atoms with E-state index in [0.29, 0.717) is 17.7 Å². The van der Waals surface area contributed by atoms with Gasteiger partial charge < -0.3 is 10.2 Å². The molecular weight excluding hydrogens is 353 g/mol. The summed E-state index contributed by atoms with van der Waals surface area (Å²) in [5.74, 6) is 1.48. The van der Waals surface area contributed by atoms with Crippen molar-refractivity contribution in [3.05, 3.63) is 16.1 Å². The molecule has 2 aliphatic heterocycles. The standard InChI is InChI=1S/C16H25N3OS.2ClH/c1-3-14-10-21-15(18-14)12-5-4-6-19(9-12)16(20)11(2)13-7-17-8-13;;/h10-13,17H,3-9H2,1-2H3;2*1H. The third-order valence-corrected chi connectivity index (χ3v) is 5.98. The van der Waals surface area contributed by atoms with Gasteiger partial charge in [-0.2, -0.15) is 0 Å². The van der Waals surface area contributed by atoms with Crippen LogP contribution in [0.25, 0.3) is 0 Å². The monoisotopic (exact) mass is 379 g/mol. The van der Waals surface area contributed by atoms with E-state index in [9.17, 15) is 4.79 Å². The molecule has 2 saturated heterocycles. The zero-order valence-electron chi connectivity index (χ0n) is 13.8. The van der Waals surface area contributed by atoms with Crippen molar-refractivity contribution in [2.75, 3.05) is 26.2 Å². The van der Waals surface area contributed by atoms with Crippen molar-refractivity contribution in [1.29, 1.82) is 0 Å². The molecule has 2 fully saturated rings. The Morgan fingerprint density at radius 3 is 2.78 bits per heavy atom. The number of aromatic nitrogens is 1. The lowest BCUT2D eigenvalue weighted by molar-refractivity contribution is -0.138. The van der Waals surface area contributed by atoms with Crippen molar-refractivity contribution in [2.24, 2.45) is 11.8 Å². The Kier molecular flexibility index (Phi) is 8.28. The Labute approximate surface area is 155 Å². The fourth-order valence-corrected chi connectivity index (χ4v) is 4.24. The molecule has 3 heterocycles. The van der Waals surface area contributed by atoms with Crippen molar-refractivity contribution in [3.8, 4) is 0 Å². The van der Waals surface area contributed by atoms with Crippen molar-refractivity contribution >= 4 is 42.1 Å². The fourth-order valence-electron chi connectivity index (χ4n) is 3.21. The van der Waals surface area contributed by atoms with Gasteiger partial charge in [-0.3, -0.25) is 4.79 Å². The minimum Gasteiger partial charge on any atom is -0.342 e. The lowest BCUT2D eigenvalue weighted by atomic mass is 9.87. The first kappa shape index (κ1) is 20.7. The van der Waals surface area contributed by atoms with E-state index in [1.807, 2.05) is 0 Å². The summed E-state index contributed by atoms with van der Waals surface area (Å²) in [6.45, 7) is 8.01. The summed E-state index contributed by atoms with van der Waals surface area (Å²) in [6, 6.07) is 0. The maximum Gasteiger partial charge on any atom is 0.225 e. The van der Waals surface area contributed by atoms with Crippen LogP contribution in [0.2, 0.25) is 0 Å². The second kappa shape index (κ2) is 9.21. The average molecular weight is 380 g/mol. The Morgan fingerprint density at radius 1 is 1.48 bits per heavy atom. The van der Waals surface area contributed by atoms with E-state index < -0.39 is 0 Å². The van der Waals surface area contributed by atoms with Gasteiger partial charge in [0.1, 0.15) is 0 Å². The van der Waals surface area contributed by atoms with E-state index in [4.69, 9.17) is 4.98 Å². The van der Waals surface area contributed by atoms with Crippen LogP contribution in [0.3, 0.4) is 0 Å². The average Bonchev–Trinajstić information content (AvgIpc) is 2.93. The molecule has 7 heteroatoms. The highest BCUT2D eigenvalue weighted by Gasteiger charge is 2.34. The van der Waals surface area contributed by atoms with Gasteiger partial charge in [0.2, 0.25) is 5.91 Å². The summed E-state index contributed by atoms with van der Waals surface area (Å²) >= 11 is 1.77. The third kappa shape index (κ3) is 4.59. The predicted molar refractivity (Wildman–Crippen MR) is 100 cm³/mol. The number of amides is 1. The van der Waals surface area contributed by atoms with E-state index in [-0.39, 0.29) is 30.7 Å². The molecule has 0 radical (unpaired) electrons. The Hall–Kier alpha value is -0.360. The summed E-state index contributed by atoms with van der Waals surface area (Å²) in [7, 11) is 0. The van der Waals surface area contributed by atoms with Gasteiger partial charge in [-0.1, -0.05) is 13.8 Å². The van der Waals surface area contributed by atoms with Crippen molar-refractivity contribution in [3.63, 3.8) is 0 Å². The highest BCUT2D eigenvalue weighted by Crippen LogP contribution is 2.31. The third-order valence-electron chi connectivity index (χ3n) is 4.92. The van der Waals surface area contributed by atoms with E-state index in [2.05, 4.69) is 29.4 Å². The summed E-state index contributed by atoms with van der Waals surface area (Å²) in [6.07, 6.45) is 3.27. The van der Waals surface area contributed by atoms with E-state index >= 15 is 0 Å². The maximum atomic E-state index is 12.7. The van der Waals surface area contributed by atoms with Gasteiger partial charge in [0.25, 0.3) is 0 Å². The van der Waals surface area contributed by atoms with Crippen molar-refractivity contribution in [2.45, 2.75) is 39.0 Å². The van der Waals surface area contributed by atoms with Crippen LogP contribution in [0.5, 0.6) is 0 Å². The summed E-state index contributed by atoms with van der Waals surface area (Å²) < 4.78 is 0. The number of thiazole rings is 1. The highest BCUT2D eigenvalue weighted by atomic mass is 35.5. The molecule has 0 saturated carbocycles. The largest absolute Gasteiger partial charge is 0.342 e. The first-order chi connectivity index (χ1) is 10.2. The maximum absolute atomic E-state index is 12.7. The van der Waals surface area contributed by atoms with E-state index in [1.54, 1.807) is 11.3 Å². The Balaban J connectivity index is 0.00000132. The zero-order valence-corrected chi connectivity index (χ0v) is 16.2. The second-order valence-electron chi connectivity index (χ2n) is 6.36. The smallest absolute Gasteiger partial charge is 0.225 e. The number of hydrogen-bond donors (Lipinski definition) is 1. The molecule has 0 aromatic carbocycles. The van der Waals surface area contributed by atoms with Gasteiger partial charge in [0.15, 0.2) is 0 Å². The van der Waals surface area contributed by atoms with Gasteiger partial charge in [-0.05, 0) is 38.3 Å². The molecule has 3 rings (SSSR count). The van der Waals surface area contributed by atoms with Crippen LogP contribution in [0.4, 0.5) is 0 Å². The first-order valence-electron chi connectivity index (χ1n) is 8.12. The molecule has 0 spiro atoms. The molecule has 1 N–H and O–H groups in total. The van der Waals surface area contributed by atoms with Crippen LogP contribution in [0.15, 0.2) is 5.38 Å². The molecule has 2 atom stereocenters. The van der Waals surface area contributed by atoms with Crippen LogP contribution in [-0.2, 0) is 11.2 Å². The van der Waals surface area contributed by atoms with Crippen molar-refractivity contribution in [1.82, 2.24) is 15.2 Å². The lowest BCUT2D eigenvalue weighted by Gasteiger charge is -2.38. The molecule has 1 amide bonds. The molecular formula is C16H27Cl2N3OS. The molecule has 4 nitrogen and oxygen atoms in total. The molecule has 132 valence electrons. The highest BCUT2D eigenvalue weighted by molar-refractivity contribution is 7.09. The van der Waals surface area contributed by atoms with E-state index in [1.165, 1.54) is 17.1 Å². The summed E-state index contributed by atoms with van der Waals surface area (Å²) in [4.78, 5) is 19.5. The zero-order chi connectivity index (χ0) is 14.8. The minimum absolute atomic E-state index is 0. The molecule has 0 bridgehead atoms. The molecule has 1 aromatic rings. The number of likely N-dealkylation sites (tertiary alicyclic amines) is 1. The van der Waals surface area contributed by atoms with Crippen LogP contribution in [-0.4, -0.2) is 42.0 Å². The summed E-state index contributed by atoms with van der Waals surface area (Å²) in [5.41, 5.74) is 1.19. The number of nitrogens with zero attached hydrogens (tertiary/aromatic N) is 2. The SMILES string of the molecule is CCc1csc(C2CCCN(C(=O)C(C)C3CNC3)C2)n1.Cl.Cl. The number of nitrogens with one attached hydrogen (secondary N) is 1. The number of carbonyl (C=O) groups is 1. The minimum atomic E-state index is 0. The lowest BCUT2D eigenvalue weighted by Crippen LogP contribution is -2.51. The molecule has 2 unspecified atom stereocenters.